The van der Waals surface area contributed by atoms with Gasteiger partial charge in [-0.2, -0.15) is 8.78 Å². The highest BCUT2D eigenvalue weighted by atomic mass is 32.2. The van der Waals surface area contributed by atoms with Crippen LogP contribution in [0.25, 0.3) is 11.5 Å². The van der Waals surface area contributed by atoms with Gasteiger partial charge in [-0.05, 0) is 42.7 Å². The molecule has 0 spiro atoms. The Balaban J connectivity index is 1.50. The van der Waals surface area contributed by atoms with E-state index in [1.807, 2.05) is 6.07 Å². The van der Waals surface area contributed by atoms with E-state index < -0.39 is 22.3 Å². The number of anilines is 1. The van der Waals surface area contributed by atoms with Crippen LogP contribution in [-0.2, 0) is 16.6 Å². The highest BCUT2D eigenvalue weighted by Gasteiger charge is 2.25. The summed E-state index contributed by atoms with van der Waals surface area (Å²) in [6.45, 7) is 1.84. The largest absolute Gasteiger partial charge is 0.415 e. The van der Waals surface area contributed by atoms with Crippen LogP contribution in [-0.4, -0.2) is 60.1 Å². The van der Waals surface area contributed by atoms with Gasteiger partial charge in [-0.25, -0.2) is 8.42 Å². The summed E-state index contributed by atoms with van der Waals surface area (Å²) in [6, 6.07) is 15.5. The smallest absolute Gasteiger partial charge is 0.314 e. The van der Waals surface area contributed by atoms with E-state index >= 15 is 0 Å². The molecule has 0 saturated carbocycles. The highest BCUT2D eigenvalue weighted by molar-refractivity contribution is 7.92. The van der Waals surface area contributed by atoms with Gasteiger partial charge in [0.15, 0.2) is 0 Å². The van der Waals surface area contributed by atoms with Crippen LogP contribution < -0.4 is 4.31 Å². The molecule has 3 aromatic rings. The Morgan fingerprint density at radius 3 is 2.35 bits per heavy atom. The zero-order chi connectivity index (χ0) is 24.1. The second-order valence-corrected chi connectivity index (χ2v) is 10.2. The van der Waals surface area contributed by atoms with Gasteiger partial charge < -0.3 is 14.4 Å². The first-order valence-electron chi connectivity index (χ1n) is 11.0. The van der Waals surface area contributed by atoms with Gasteiger partial charge in [-0.15, -0.1) is 10.2 Å². The number of aliphatic hydroxyl groups excluding tert-OH is 1. The van der Waals surface area contributed by atoms with Crippen LogP contribution in [0.4, 0.5) is 14.5 Å². The zero-order valence-corrected chi connectivity index (χ0v) is 19.2. The van der Waals surface area contributed by atoms with Crippen molar-refractivity contribution < 1.29 is 26.7 Å². The fourth-order valence-electron chi connectivity index (χ4n) is 3.80. The van der Waals surface area contributed by atoms with Gasteiger partial charge in [0.1, 0.15) is 0 Å². The standard InChI is InChI=1S/C23H26F2N4O4S/c24-21(25)23-27-26-22(33-23)18-8-6-17(7-9-18)16-29(19-4-2-1-3-5-19)34(31,32)15-14-28-12-10-20(30)11-13-28/h1-9,20-21,30H,10-16H2. The number of hydrogen-bond donors (Lipinski definition) is 1. The summed E-state index contributed by atoms with van der Waals surface area (Å²) in [7, 11) is -3.65. The van der Waals surface area contributed by atoms with E-state index in [2.05, 4.69) is 15.1 Å². The average Bonchev–Trinajstić information content (AvgIpc) is 3.34. The number of likely N-dealkylation sites (tertiary alicyclic amines) is 1. The van der Waals surface area contributed by atoms with Crippen LogP contribution in [0.5, 0.6) is 0 Å². The van der Waals surface area contributed by atoms with Crippen LogP contribution in [0, 0.1) is 0 Å². The van der Waals surface area contributed by atoms with E-state index in [4.69, 9.17) is 4.42 Å². The third-order valence-corrected chi connectivity index (χ3v) is 7.47. The number of nitrogens with zero attached hydrogens (tertiary/aromatic N) is 4. The molecule has 1 aromatic heterocycles. The van der Waals surface area contributed by atoms with Crippen LogP contribution in [0.3, 0.4) is 0 Å². The van der Waals surface area contributed by atoms with E-state index in [9.17, 15) is 22.3 Å². The minimum Gasteiger partial charge on any atom is -0.415 e. The molecule has 0 atom stereocenters. The van der Waals surface area contributed by atoms with Crippen LogP contribution in [0.2, 0.25) is 0 Å². The molecule has 34 heavy (non-hydrogen) atoms. The van der Waals surface area contributed by atoms with Crippen LogP contribution in [0.1, 0.15) is 30.7 Å². The topological polar surface area (TPSA) is 99.8 Å². The number of aliphatic hydroxyl groups is 1. The molecule has 1 aliphatic rings. The highest BCUT2D eigenvalue weighted by Crippen LogP contribution is 2.25. The molecule has 8 nitrogen and oxygen atoms in total. The van der Waals surface area contributed by atoms with Crippen LogP contribution in [0.15, 0.2) is 59.0 Å². The second-order valence-electron chi connectivity index (χ2n) is 8.17. The van der Waals surface area contributed by atoms with Crippen LogP contribution >= 0.6 is 0 Å². The molecular weight excluding hydrogens is 466 g/mol. The summed E-state index contributed by atoms with van der Waals surface area (Å²) in [5.74, 6) is -0.821. The lowest BCUT2D eigenvalue weighted by Gasteiger charge is -2.31. The van der Waals surface area contributed by atoms with Crippen molar-refractivity contribution in [3.8, 4) is 11.5 Å². The molecule has 182 valence electrons. The van der Waals surface area contributed by atoms with Crippen molar-refractivity contribution in [1.82, 2.24) is 15.1 Å². The van der Waals surface area contributed by atoms with Crippen molar-refractivity contribution in [3.63, 3.8) is 0 Å². The zero-order valence-electron chi connectivity index (χ0n) is 18.4. The van der Waals surface area contributed by atoms with Gasteiger partial charge in [0.05, 0.1) is 24.1 Å². The molecular formula is C23H26F2N4O4S. The lowest BCUT2D eigenvalue weighted by Crippen LogP contribution is -2.41. The first-order chi connectivity index (χ1) is 16.3. The van der Waals surface area contributed by atoms with Crippen molar-refractivity contribution in [3.05, 3.63) is 66.1 Å². The minimum absolute atomic E-state index is 0.0268. The van der Waals surface area contributed by atoms with Gasteiger partial charge >= 0.3 is 6.43 Å². The van der Waals surface area contributed by atoms with Crippen molar-refractivity contribution in [2.75, 3.05) is 29.7 Å². The summed E-state index contributed by atoms with van der Waals surface area (Å²) < 4.78 is 58.4. The molecule has 0 unspecified atom stereocenters. The molecule has 1 fully saturated rings. The second kappa shape index (κ2) is 10.6. The number of sulfonamides is 1. The predicted molar refractivity (Wildman–Crippen MR) is 123 cm³/mol. The number of rotatable bonds is 9. The quantitative estimate of drug-likeness (QED) is 0.488. The Morgan fingerprint density at radius 1 is 1.06 bits per heavy atom. The maximum Gasteiger partial charge on any atom is 0.314 e. The fourth-order valence-corrected chi connectivity index (χ4v) is 5.30. The molecule has 0 radical (unpaired) electrons. The number of piperidine rings is 1. The maximum atomic E-state index is 13.3. The lowest BCUT2D eigenvalue weighted by atomic mass is 10.1. The summed E-state index contributed by atoms with van der Waals surface area (Å²) in [5.41, 5.74) is 1.73. The summed E-state index contributed by atoms with van der Waals surface area (Å²) in [5, 5.41) is 16.6. The molecule has 11 heteroatoms. The normalized spacial score (nSPS) is 15.6. The number of alkyl halides is 2. The first kappa shape index (κ1) is 24.2. The number of benzene rings is 2. The van der Waals surface area contributed by atoms with Gasteiger partial charge in [-0.3, -0.25) is 4.31 Å². The van der Waals surface area contributed by atoms with Gasteiger partial charge in [-0.1, -0.05) is 30.3 Å². The third kappa shape index (κ3) is 5.96. The molecule has 2 aromatic carbocycles. The van der Waals surface area contributed by atoms with Gasteiger partial charge in [0.25, 0.3) is 5.89 Å². The first-order valence-corrected chi connectivity index (χ1v) is 12.6. The molecule has 1 aliphatic heterocycles. The van der Waals surface area contributed by atoms with E-state index in [1.165, 1.54) is 4.31 Å². The van der Waals surface area contributed by atoms with E-state index in [0.29, 0.717) is 49.3 Å². The Hall–Kier alpha value is -2.89. The molecule has 0 aliphatic carbocycles. The van der Waals surface area contributed by atoms with Crippen molar-refractivity contribution in [1.29, 1.82) is 0 Å². The van der Waals surface area contributed by atoms with Gasteiger partial charge in [0, 0.05) is 25.2 Å². The van der Waals surface area contributed by atoms with E-state index in [0.717, 1.165) is 0 Å². The minimum atomic E-state index is -3.65. The van der Waals surface area contributed by atoms with Crippen molar-refractivity contribution >= 4 is 15.7 Å². The van der Waals surface area contributed by atoms with E-state index in [1.54, 1.807) is 48.5 Å². The molecule has 4 rings (SSSR count). The fraction of sp³-hybridized carbons (Fsp3) is 0.391. The molecule has 0 bridgehead atoms. The Kier molecular flexibility index (Phi) is 7.54. The number of hydrogen-bond acceptors (Lipinski definition) is 7. The summed E-state index contributed by atoms with van der Waals surface area (Å²) in [4.78, 5) is 2.06. The van der Waals surface area contributed by atoms with Crippen molar-refractivity contribution in [2.24, 2.45) is 0 Å². The van der Waals surface area contributed by atoms with E-state index in [-0.39, 0.29) is 24.3 Å². The molecule has 1 N–H and O–H groups in total. The molecule has 0 amide bonds. The molecule has 2 heterocycles. The van der Waals surface area contributed by atoms with Crippen molar-refractivity contribution in [2.45, 2.75) is 31.9 Å². The number of aromatic nitrogens is 2. The monoisotopic (exact) mass is 492 g/mol. The SMILES string of the molecule is O=S(=O)(CCN1CCC(O)CC1)N(Cc1ccc(-c2nnc(C(F)F)o2)cc1)c1ccccc1. The molecule has 1 saturated heterocycles. The summed E-state index contributed by atoms with van der Waals surface area (Å²) >= 11 is 0. The average molecular weight is 493 g/mol. The summed E-state index contributed by atoms with van der Waals surface area (Å²) in [6.07, 6.45) is -1.87. The number of para-hydroxylation sites is 1. The number of halogens is 2. The predicted octanol–water partition coefficient (Wildman–Crippen LogP) is 3.47. The Bertz CT molecular complexity index is 1170. The van der Waals surface area contributed by atoms with Gasteiger partial charge in [0.2, 0.25) is 15.9 Å². The Morgan fingerprint density at radius 2 is 1.74 bits per heavy atom. The third-order valence-electron chi connectivity index (χ3n) is 5.76. The maximum absolute atomic E-state index is 13.3. The Labute approximate surface area is 196 Å². The lowest BCUT2D eigenvalue weighted by molar-refractivity contribution is 0.0855.